The van der Waals surface area contributed by atoms with E-state index < -0.39 is 0 Å². The lowest BCUT2D eigenvalue weighted by molar-refractivity contribution is 0.537. The van der Waals surface area contributed by atoms with Crippen LogP contribution in [0.2, 0.25) is 0 Å². The second-order valence-electron chi connectivity index (χ2n) is 4.43. The first kappa shape index (κ1) is 9.69. The van der Waals surface area contributed by atoms with Crippen LogP contribution in [0.1, 0.15) is 30.9 Å². The Balaban J connectivity index is 1.89. The molecule has 0 aromatic heterocycles. The van der Waals surface area contributed by atoms with Gasteiger partial charge in [0.15, 0.2) is 0 Å². The molecule has 2 rings (SSSR count). The van der Waals surface area contributed by atoms with E-state index >= 15 is 0 Å². The summed E-state index contributed by atoms with van der Waals surface area (Å²) in [6, 6.07) is 8.51. The summed E-state index contributed by atoms with van der Waals surface area (Å²) in [6.45, 7) is 3.88. The van der Waals surface area contributed by atoms with Crippen LogP contribution in [0.4, 0.5) is 0 Å². The Morgan fingerprint density at radius 1 is 1.21 bits per heavy atom. The SMILES string of the molecule is CC1(NCc2ccc(CN)cc2)CC1. The fraction of sp³-hybridized carbons (Fsp3) is 0.500. The fourth-order valence-electron chi connectivity index (χ4n) is 1.47. The minimum absolute atomic E-state index is 0.423. The normalized spacial score (nSPS) is 18.1. The first-order valence-electron chi connectivity index (χ1n) is 5.25. The minimum atomic E-state index is 0.423. The van der Waals surface area contributed by atoms with Gasteiger partial charge in [-0.15, -0.1) is 0 Å². The van der Waals surface area contributed by atoms with Crippen molar-refractivity contribution in [1.29, 1.82) is 0 Å². The topological polar surface area (TPSA) is 38.0 Å². The van der Waals surface area contributed by atoms with Gasteiger partial charge in [-0.1, -0.05) is 24.3 Å². The Kier molecular flexibility index (Phi) is 2.57. The van der Waals surface area contributed by atoms with Crippen LogP contribution in [0.3, 0.4) is 0 Å². The molecule has 0 radical (unpaired) electrons. The molecular formula is C12H18N2. The second kappa shape index (κ2) is 3.71. The molecule has 14 heavy (non-hydrogen) atoms. The third kappa shape index (κ3) is 2.34. The molecule has 0 atom stereocenters. The molecule has 1 aromatic rings. The molecule has 0 saturated heterocycles. The van der Waals surface area contributed by atoms with E-state index in [1.807, 2.05) is 0 Å². The van der Waals surface area contributed by atoms with Crippen molar-refractivity contribution in [2.75, 3.05) is 0 Å². The van der Waals surface area contributed by atoms with Gasteiger partial charge < -0.3 is 11.1 Å². The van der Waals surface area contributed by atoms with E-state index in [0.717, 1.165) is 6.54 Å². The summed E-state index contributed by atoms with van der Waals surface area (Å²) >= 11 is 0. The van der Waals surface area contributed by atoms with E-state index in [1.54, 1.807) is 0 Å². The highest BCUT2D eigenvalue weighted by molar-refractivity contribution is 5.22. The third-order valence-electron chi connectivity index (χ3n) is 2.98. The highest BCUT2D eigenvalue weighted by Crippen LogP contribution is 2.34. The molecule has 0 heterocycles. The van der Waals surface area contributed by atoms with Crippen molar-refractivity contribution in [3.05, 3.63) is 35.4 Å². The van der Waals surface area contributed by atoms with Crippen LogP contribution in [-0.2, 0) is 13.1 Å². The van der Waals surface area contributed by atoms with Gasteiger partial charge in [0.25, 0.3) is 0 Å². The predicted octanol–water partition coefficient (Wildman–Crippen LogP) is 1.79. The summed E-state index contributed by atoms with van der Waals surface area (Å²) in [5.41, 5.74) is 8.50. The van der Waals surface area contributed by atoms with Crippen LogP contribution in [0, 0.1) is 0 Å². The van der Waals surface area contributed by atoms with E-state index in [2.05, 4.69) is 36.5 Å². The van der Waals surface area contributed by atoms with Crippen LogP contribution in [0.25, 0.3) is 0 Å². The first-order chi connectivity index (χ1) is 6.72. The standard InChI is InChI=1S/C12H18N2/c1-12(6-7-12)14-9-11-4-2-10(8-13)3-5-11/h2-5,14H,6-9,13H2,1H3. The van der Waals surface area contributed by atoms with Crippen molar-refractivity contribution in [3.8, 4) is 0 Å². The molecule has 0 bridgehead atoms. The molecule has 0 aliphatic heterocycles. The second-order valence-corrected chi connectivity index (χ2v) is 4.43. The molecule has 2 nitrogen and oxygen atoms in total. The number of rotatable bonds is 4. The van der Waals surface area contributed by atoms with E-state index in [4.69, 9.17) is 5.73 Å². The first-order valence-corrected chi connectivity index (χ1v) is 5.25. The number of benzene rings is 1. The van der Waals surface area contributed by atoms with Gasteiger partial charge in [-0.2, -0.15) is 0 Å². The van der Waals surface area contributed by atoms with Crippen LogP contribution in [0.5, 0.6) is 0 Å². The smallest absolute Gasteiger partial charge is 0.0210 e. The zero-order valence-corrected chi connectivity index (χ0v) is 8.72. The number of nitrogens with one attached hydrogen (secondary N) is 1. The average Bonchev–Trinajstić information content (AvgIpc) is 2.95. The summed E-state index contributed by atoms with van der Waals surface area (Å²) in [7, 11) is 0. The fourth-order valence-corrected chi connectivity index (χ4v) is 1.47. The summed E-state index contributed by atoms with van der Waals surface area (Å²) in [5.74, 6) is 0. The average molecular weight is 190 g/mol. The molecule has 0 amide bonds. The molecule has 76 valence electrons. The van der Waals surface area contributed by atoms with Gasteiger partial charge in [0.05, 0.1) is 0 Å². The maximum atomic E-state index is 5.54. The Bertz CT molecular complexity index is 299. The lowest BCUT2D eigenvalue weighted by Crippen LogP contribution is -2.26. The molecule has 1 fully saturated rings. The van der Waals surface area contributed by atoms with E-state index in [0.29, 0.717) is 12.1 Å². The van der Waals surface area contributed by atoms with Crippen LogP contribution >= 0.6 is 0 Å². The minimum Gasteiger partial charge on any atom is -0.326 e. The van der Waals surface area contributed by atoms with Crippen molar-refractivity contribution in [1.82, 2.24) is 5.32 Å². The van der Waals surface area contributed by atoms with Gasteiger partial charge in [-0.05, 0) is 30.9 Å². The Labute approximate surface area is 85.5 Å². The Morgan fingerprint density at radius 3 is 2.29 bits per heavy atom. The summed E-state index contributed by atoms with van der Waals surface area (Å²) in [5, 5.41) is 3.56. The van der Waals surface area contributed by atoms with Gasteiger partial charge >= 0.3 is 0 Å². The molecule has 0 unspecified atom stereocenters. The molecule has 0 spiro atoms. The van der Waals surface area contributed by atoms with Crippen molar-refractivity contribution in [2.24, 2.45) is 5.73 Å². The number of hydrogen-bond acceptors (Lipinski definition) is 2. The molecule has 2 heteroatoms. The molecule has 1 aromatic carbocycles. The highest BCUT2D eigenvalue weighted by Gasteiger charge is 2.36. The van der Waals surface area contributed by atoms with Crippen molar-refractivity contribution in [3.63, 3.8) is 0 Å². The highest BCUT2D eigenvalue weighted by atomic mass is 15.0. The van der Waals surface area contributed by atoms with Gasteiger partial charge in [0, 0.05) is 18.6 Å². The lowest BCUT2D eigenvalue weighted by Gasteiger charge is -2.11. The molecule has 3 N–H and O–H groups in total. The monoisotopic (exact) mass is 190 g/mol. The van der Waals surface area contributed by atoms with Crippen molar-refractivity contribution >= 4 is 0 Å². The van der Waals surface area contributed by atoms with Gasteiger partial charge in [0.2, 0.25) is 0 Å². The lowest BCUT2D eigenvalue weighted by atomic mass is 10.1. The predicted molar refractivity (Wildman–Crippen MR) is 58.8 cm³/mol. The largest absolute Gasteiger partial charge is 0.326 e. The van der Waals surface area contributed by atoms with Crippen LogP contribution in [-0.4, -0.2) is 5.54 Å². The summed E-state index contributed by atoms with van der Waals surface area (Å²) in [6.07, 6.45) is 2.63. The number of hydrogen-bond donors (Lipinski definition) is 2. The molecule has 1 aliphatic carbocycles. The maximum absolute atomic E-state index is 5.54. The van der Waals surface area contributed by atoms with Gasteiger partial charge in [-0.3, -0.25) is 0 Å². The van der Waals surface area contributed by atoms with Gasteiger partial charge in [0.1, 0.15) is 0 Å². The Morgan fingerprint density at radius 2 is 1.79 bits per heavy atom. The maximum Gasteiger partial charge on any atom is 0.0210 e. The quantitative estimate of drug-likeness (QED) is 0.759. The van der Waals surface area contributed by atoms with E-state index in [-0.39, 0.29) is 0 Å². The number of nitrogens with two attached hydrogens (primary N) is 1. The summed E-state index contributed by atoms with van der Waals surface area (Å²) in [4.78, 5) is 0. The van der Waals surface area contributed by atoms with Crippen molar-refractivity contribution in [2.45, 2.75) is 38.4 Å². The molecular weight excluding hydrogens is 172 g/mol. The van der Waals surface area contributed by atoms with Crippen molar-refractivity contribution < 1.29 is 0 Å². The van der Waals surface area contributed by atoms with E-state index in [9.17, 15) is 0 Å². The molecule has 1 aliphatic rings. The van der Waals surface area contributed by atoms with Crippen LogP contribution in [0.15, 0.2) is 24.3 Å². The third-order valence-corrected chi connectivity index (χ3v) is 2.98. The Hall–Kier alpha value is -0.860. The van der Waals surface area contributed by atoms with Crippen LogP contribution < -0.4 is 11.1 Å². The zero-order valence-electron chi connectivity index (χ0n) is 8.72. The molecule has 1 saturated carbocycles. The van der Waals surface area contributed by atoms with E-state index in [1.165, 1.54) is 24.0 Å². The van der Waals surface area contributed by atoms with Gasteiger partial charge in [-0.25, -0.2) is 0 Å². The zero-order chi connectivity index (χ0) is 10.0. The summed E-state index contributed by atoms with van der Waals surface area (Å²) < 4.78 is 0.